The fourth-order valence-corrected chi connectivity index (χ4v) is 2.93. The molecule has 1 saturated heterocycles. The van der Waals surface area contributed by atoms with Crippen molar-refractivity contribution in [3.05, 3.63) is 35.9 Å². The first-order valence-electron chi connectivity index (χ1n) is 7.18. The number of Topliss-reactive ketones (excluding diaryl/α,β-unsaturated/α-hetero) is 1. The topological polar surface area (TPSA) is 80.8 Å². The lowest BCUT2D eigenvalue weighted by atomic mass is 9.80. The minimum Gasteiger partial charge on any atom is -0.466 e. The van der Waals surface area contributed by atoms with Crippen LogP contribution < -0.4 is 0 Å². The third-order valence-electron chi connectivity index (χ3n) is 3.62. The van der Waals surface area contributed by atoms with Crippen molar-refractivity contribution >= 4 is 46.2 Å². The molecule has 2 amide bonds. The molecule has 0 spiro atoms. The van der Waals surface area contributed by atoms with Crippen LogP contribution in [0, 0.1) is 5.92 Å². The Morgan fingerprint density at radius 2 is 1.87 bits per heavy atom. The fraction of sp³-hybridized carbons (Fsp3) is 0.375. The summed E-state index contributed by atoms with van der Waals surface area (Å²) in [7, 11) is 0. The summed E-state index contributed by atoms with van der Waals surface area (Å²) < 4.78 is 4.94. The van der Waals surface area contributed by atoms with Crippen LogP contribution in [0.3, 0.4) is 0 Å². The zero-order chi connectivity index (χ0) is 17.0. The maximum Gasteiger partial charge on any atom is 0.306 e. The van der Waals surface area contributed by atoms with E-state index in [0.717, 1.165) is 4.90 Å². The van der Waals surface area contributed by atoms with Gasteiger partial charge in [-0.2, -0.15) is 0 Å². The van der Waals surface area contributed by atoms with Crippen molar-refractivity contribution in [1.82, 2.24) is 4.90 Å². The first-order valence-corrected chi connectivity index (χ1v) is 8.70. The van der Waals surface area contributed by atoms with Gasteiger partial charge in [0.1, 0.15) is 6.04 Å². The normalized spacial score (nSPS) is 19.9. The number of hydrogen-bond donors (Lipinski definition) is 0. The number of carbonyl (C=O) groups is 4. The Kier molecular flexibility index (Phi) is 5.86. The van der Waals surface area contributed by atoms with E-state index in [9.17, 15) is 19.2 Å². The molecule has 2 atom stereocenters. The molecule has 122 valence electrons. The summed E-state index contributed by atoms with van der Waals surface area (Å²) in [5.74, 6) is -2.64. The molecule has 1 aliphatic rings. The standard InChI is InChI=1S/C16H16INO5/c1-2-23-13(20)8-11-14(18(16(11)22)12(19)9-17)15(21)10-6-4-3-5-7-10/h3-7,11,14H,2,8-9H2,1H3. The van der Waals surface area contributed by atoms with Gasteiger partial charge in [-0.05, 0) is 6.92 Å². The Morgan fingerprint density at radius 1 is 1.22 bits per heavy atom. The molecular weight excluding hydrogens is 413 g/mol. The fourth-order valence-electron chi connectivity index (χ4n) is 2.56. The van der Waals surface area contributed by atoms with E-state index < -0.39 is 29.7 Å². The largest absolute Gasteiger partial charge is 0.466 e. The second-order valence-electron chi connectivity index (χ2n) is 5.03. The van der Waals surface area contributed by atoms with E-state index in [2.05, 4.69) is 0 Å². The number of halogens is 1. The molecule has 0 bridgehead atoms. The molecule has 1 heterocycles. The molecular formula is C16H16INO5. The zero-order valence-electron chi connectivity index (χ0n) is 12.5. The van der Waals surface area contributed by atoms with Crippen LogP contribution in [0.1, 0.15) is 23.7 Å². The molecule has 0 aromatic heterocycles. The molecule has 23 heavy (non-hydrogen) atoms. The number of alkyl halides is 1. The molecule has 1 aromatic carbocycles. The van der Waals surface area contributed by atoms with E-state index in [1.165, 1.54) is 0 Å². The number of carbonyl (C=O) groups excluding carboxylic acids is 4. The molecule has 1 fully saturated rings. The summed E-state index contributed by atoms with van der Waals surface area (Å²) in [6, 6.07) is 7.50. The highest BCUT2D eigenvalue weighted by atomic mass is 127. The van der Waals surface area contributed by atoms with Crippen molar-refractivity contribution in [3.8, 4) is 0 Å². The van der Waals surface area contributed by atoms with E-state index in [0.29, 0.717) is 5.56 Å². The maximum atomic E-state index is 12.7. The number of likely N-dealkylation sites (tertiary alicyclic amines) is 1. The Hall–Kier alpha value is -1.77. The summed E-state index contributed by atoms with van der Waals surface area (Å²) >= 11 is 1.84. The van der Waals surface area contributed by atoms with Crippen LogP contribution in [0.5, 0.6) is 0 Å². The first-order chi connectivity index (χ1) is 11.0. The van der Waals surface area contributed by atoms with Gasteiger partial charge >= 0.3 is 5.97 Å². The van der Waals surface area contributed by atoms with Crippen molar-refractivity contribution in [1.29, 1.82) is 0 Å². The van der Waals surface area contributed by atoms with Gasteiger partial charge < -0.3 is 4.74 Å². The van der Waals surface area contributed by atoms with Gasteiger partial charge in [-0.3, -0.25) is 24.1 Å². The SMILES string of the molecule is CCOC(=O)CC1C(=O)N(C(=O)CI)C1C(=O)c1ccccc1. The van der Waals surface area contributed by atoms with Crippen molar-refractivity contribution in [2.24, 2.45) is 5.92 Å². The Balaban J connectivity index is 2.24. The van der Waals surface area contributed by atoms with Crippen LogP contribution in [-0.2, 0) is 19.1 Å². The van der Waals surface area contributed by atoms with E-state index in [-0.39, 0.29) is 23.2 Å². The highest BCUT2D eigenvalue weighted by Gasteiger charge is 2.54. The third-order valence-corrected chi connectivity index (χ3v) is 4.27. The van der Waals surface area contributed by atoms with Crippen molar-refractivity contribution in [2.45, 2.75) is 19.4 Å². The van der Waals surface area contributed by atoms with E-state index in [1.54, 1.807) is 37.3 Å². The minimum absolute atomic E-state index is 0.0915. The van der Waals surface area contributed by atoms with Gasteiger partial charge in [-0.1, -0.05) is 52.9 Å². The predicted molar refractivity (Wildman–Crippen MR) is 90.0 cm³/mol. The smallest absolute Gasteiger partial charge is 0.306 e. The number of rotatable bonds is 6. The zero-order valence-corrected chi connectivity index (χ0v) is 14.7. The average Bonchev–Trinajstić information content (AvgIpc) is 2.57. The van der Waals surface area contributed by atoms with E-state index >= 15 is 0 Å². The van der Waals surface area contributed by atoms with Crippen molar-refractivity contribution < 1.29 is 23.9 Å². The number of benzene rings is 1. The number of β-lactam (4-membered cyclic amide) rings is 1. The maximum absolute atomic E-state index is 12.7. The van der Waals surface area contributed by atoms with Crippen molar-refractivity contribution in [3.63, 3.8) is 0 Å². The molecule has 1 aliphatic heterocycles. The summed E-state index contributed by atoms with van der Waals surface area (Å²) in [5.41, 5.74) is 0.408. The molecule has 6 nitrogen and oxygen atoms in total. The molecule has 2 rings (SSSR count). The summed E-state index contributed by atoms with van der Waals surface area (Å²) in [6.45, 7) is 1.87. The van der Waals surface area contributed by atoms with Crippen LogP contribution in [-0.4, -0.2) is 45.5 Å². The highest BCUT2D eigenvalue weighted by molar-refractivity contribution is 14.1. The third kappa shape index (κ3) is 3.60. The van der Waals surface area contributed by atoms with Gasteiger partial charge in [0.15, 0.2) is 5.78 Å². The number of ketones is 1. The Labute approximate surface area is 147 Å². The van der Waals surface area contributed by atoms with Gasteiger partial charge in [0, 0.05) is 5.56 Å². The Morgan fingerprint density at radius 3 is 2.43 bits per heavy atom. The molecule has 7 heteroatoms. The van der Waals surface area contributed by atoms with Crippen LogP contribution in [0.2, 0.25) is 0 Å². The second kappa shape index (κ2) is 7.67. The number of hydrogen-bond acceptors (Lipinski definition) is 5. The number of imide groups is 1. The van der Waals surface area contributed by atoms with Gasteiger partial charge in [0.2, 0.25) is 11.8 Å². The quantitative estimate of drug-likeness (QED) is 0.226. The van der Waals surface area contributed by atoms with Crippen LogP contribution in [0.25, 0.3) is 0 Å². The number of amides is 2. The lowest BCUT2D eigenvalue weighted by Gasteiger charge is -2.44. The first kappa shape index (κ1) is 17.6. The van der Waals surface area contributed by atoms with Gasteiger partial charge in [0.05, 0.1) is 23.4 Å². The highest BCUT2D eigenvalue weighted by Crippen LogP contribution is 2.33. The minimum atomic E-state index is -0.934. The van der Waals surface area contributed by atoms with E-state index in [1.807, 2.05) is 22.6 Å². The second-order valence-corrected chi connectivity index (χ2v) is 5.79. The summed E-state index contributed by atoms with van der Waals surface area (Å²) in [5, 5.41) is 0. The molecule has 2 unspecified atom stereocenters. The van der Waals surface area contributed by atoms with E-state index in [4.69, 9.17) is 4.74 Å². The number of ether oxygens (including phenoxy) is 1. The van der Waals surface area contributed by atoms with Crippen LogP contribution in [0.4, 0.5) is 0 Å². The molecule has 0 aliphatic carbocycles. The molecule has 1 aromatic rings. The van der Waals surface area contributed by atoms with Crippen LogP contribution >= 0.6 is 22.6 Å². The van der Waals surface area contributed by atoms with Gasteiger partial charge in [-0.25, -0.2) is 0 Å². The number of nitrogens with zero attached hydrogens (tertiary/aromatic N) is 1. The molecule has 0 N–H and O–H groups in total. The summed E-state index contributed by atoms with van der Waals surface area (Å²) in [4.78, 5) is 49.4. The van der Waals surface area contributed by atoms with Crippen molar-refractivity contribution in [2.75, 3.05) is 11.0 Å². The van der Waals surface area contributed by atoms with Crippen LogP contribution in [0.15, 0.2) is 30.3 Å². The van der Waals surface area contributed by atoms with Gasteiger partial charge in [-0.15, -0.1) is 0 Å². The Bertz CT molecular complexity index is 631. The molecule has 0 saturated carbocycles. The summed E-state index contributed by atoms with van der Waals surface area (Å²) in [6.07, 6.45) is -0.194. The predicted octanol–water partition coefficient (Wildman–Crippen LogP) is 1.61. The monoisotopic (exact) mass is 429 g/mol. The number of esters is 1. The lowest BCUT2D eigenvalue weighted by molar-refractivity contribution is -0.166. The lowest BCUT2D eigenvalue weighted by Crippen LogP contribution is -2.66. The molecule has 0 radical (unpaired) electrons. The van der Waals surface area contributed by atoms with Gasteiger partial charge in [0.25, 0.3) is 0 Å². The average molecular weight is 429 g/mol.